The van der Waals surface area contributed by atoms with Crippen molar-refractivity contribution in [3.05, 3.63) is 16.3 Å². The van der Waals surface area contributed by atoms with Crippen molar-refractivity contribution in [2.45, 2.75) is 71.9 Å². The zero-order chi connectivity index (χ0) is 20.5. The van der Waals surface area contributed by atoms with E-state index in [0.717, 1.165) is 76.0 Å². The fourth-order valence-electron chi connectivity index (χ4n) is 4.14. The Labute approximate surface area is 174 Å². The van der Waals surface area contributed by atoms with Crippen LogP contribution in [0.15, 0.2) is 9.79 Å². The third-order valence-corrected chi connectivity index (χ3v) is 5.99. The average Bonchev–Trinajstić information content (AvgIpc) is 3.05. The molecular weight excluding hydrogens is 366 g/mol. The van der Waals surface area contributed by atoms with Crippen LogP contribution in [0, 0.1) is 5.92 Å². The summed E-state index contributed by atoms with van der Waals surface area (Å²) < 4.78 is 3.46. The van der Waals surface area contributed by atoms with E-state index in [1.165, 1.54) is 25.9 Å². The van der Waals surface area contributed by atoms with Crippen LogP contribution in [0.5, 0.6) is 0 Å². The van der Waals surface area contributed by atoms with Crippen molar-refractivity contribution in [1.29, 1.82) is 0 Å². The number of aryl methyl sites for hydroxylation is 2. The van der Waals surface area contributed by atoms with Crippen molar-refractivity contribution in [2.75, 3.05) is 39.3 Å². The van der Waals surface area contributed by atoms with Crippen LogP contribution in [0.25, 0.3) is 0 Å². The lowest BCUT2D eigenvalue weighted by Crippen LogP contribution is -2.40. The van der Waals surface area contributed by atoms with E-state index in [1.54, 1.807) is 4.68 Å². The quantitative estimate of drug-likeness (QED) is 0.369. The maximum Gasteiger partial charge on any atom is 0.345 e. The molecule has 0 saturated carbocycles. The van der Waals surface area contributed by atoms with Gasteiger partial charge in [0.2, 0.25) is 0 Å². The molecule has 2 aliphatic heterocycles. The molecule has 2 aliphatic rings. The van der Waals surface area contributed by atoms with E-state index in [2.05, 4.69) is 39.5 Å². The van der Waals surface area contributed by atoms with Crippen molar-refractivity contribution in [3.8, 4) is 0 Å². The van der Waals surface area contributed by atoms with Gasteiger partial charge in [-0.25, -0.2) is 9.48 Å². The van der Waals surface area contributed by atoms with Gasteiger partial charge in [0, 0.05) is 39.1 Å². The first kappa shape index (κ1) is 21.9. The number of nitrogens with zero attached hydrogens (tertiary/aromatic N) is 5. The first-order chi connectivity index (χ1) is 14.2. The Morgan fingerprint density at radius 3 is 2.72 bits per heavy atom. The Morgan fingerprint density at radius 2 is 1.97 bits per heavy atom. The molecular formula is C21H39N7O. The second kappa shape index (κ2) is 11.4. The molecule has 3 rings (SSSR count). The third-order valence-electron chi connectivity index (χ3n) is 5.99. The summed E-state index contributed by atoms with van der Waals surface area (Å²) in [6.07, 6.45) is 7.76. The molecule has 1 fully saturated rings. The molecule has 8 heteroatoms. The summed E-state index contributed by atoms with van der Waals surface area (Å²) in [6, 6.07) is 0. The maximum atomic E-state index is 12.4. The Hall–Kier alpha value is -1.83. The second-order valence-electron chi connectivity index (χ2n) is 8.45. The largest absolute Gasteiger partial charge is 0.357 e. The molecule has 0 unspecified atom stereocenters. The highest BCUT2D eigenvalue weighted by molar-refractivity contribution is 5.79. The van der Waals surface area contributed by atoms with Gasteiger partial charge in [0.05, 0.1) is 0 Å². The monoisotopic (exact) mass is 405 g/mol. The number of fused-ring (bicyclic) bond motifs is 1. The first-order valence-corrected chi connectivity index (χ1v) is 11.6. The smallest absolute Gasteiger partial charge is 0.345 e. The van der Waals surface area contributed by atoms with Crippen molar-refractivity contribution < 1.29 is 0 Å². The highest BCUT2D eigenvalue weighted by Crippen LogP contribution is 2.15. The molecule has 1 aromatic rings. The molecule has 1 saturated heterocycles. The number of aliphatic imine (C=N–C) groups is 1. The van der Waals surface area contributed by atoms with Gasteiger partial charge in [-0.05, 0) is 71.0 Å². The van der Waals surface area contributed by atoms with Gasteiger partial charge in [0.25, 0.3) is 0 Å². The highest BCUT2D eigenvalue weighted by atomic mass is 16.2. The minimum atomic E-state index is 0.0424. The number of aromatic nitrogens is 3. The fourth-order valence-corrected chi connectivity index (χ4v) is 4.14. The molecule has 0 radical (unpaired) electrons. The van der Waals surface area contributed by atoms with Crippen LogP contribution in [0.1, 0.15) is 58.2 Å². The maximum absolute atomic E-state index is 12.4. The van der Waals surface area contributed by atoms with E-state index < -0.39 is 0 Å². The van der Waals surface area contributed by atoms with Gasteiger partial charge in [-0.2, -0.15) is 5.10 Å². The summed E-state index contributed by atoms with van der Waals surface area (Å²) >= 11 is 0. The third kappa shape index (κ3) is 6.59. The molecule has 29 heavy (non-hydrogen) atoms. The Kier molecular flexibility index (Phi) is 8.58. The van der Waals surface area contributed by atoms with E-state index in [9.17, 15) is 4.79 Å². The minimum absolute atomic E-state index is 0.0424. The van der Waals surface area contributed by atoms with E-state index >= 15 is 0 Å². The van der Waals surface area contributed by atoms with Crippen LogP contribution >= 0.6 is 0 Å². The fraction of sp³-hybridized carbons (Fsp3) is 0.857. The van der Waals surface area contributed by atoms with E-state index in [-0.39, 0.29) is 5.69 Å². The van der Waals surface area contributed by atoms with Gasteiger partial charge in [0.15, 0.2) is 5.96 Å². The normalized spacial score (nSPS) is 18.6. The second-order valence-corrected chi connectivity index (χ2v) is 8.45. The first-order valence-electron chi connectivity index (χ1n) is 11.6. The molecule has 0 amide bonds. The van der Waals surface area contributed by atoms with Crippen LogP contribution in [0.4, 0.5) is 0 Å². The van der Waals surface area contributed by atoms with E-state index in [4.69, 9.17) is 0 Å². The number of guanidine groups is 1. The van der Waals surface area contributed by atoms with Gasteiger partial charge in [-0.15, -0.1) is 0 Å². The molecule has 8 nitrogen and oxygen atoms in total. The van der Waals surface area contributed by atoms with Crippen molar-refractivity contribution >= 4 is 5.96 Å². The lowest BCUT2D eigenvalue weighted by atomic mass is 9.99. The Bertz CT molecular complexity index is 700. The lowest BCUT2D eigenvalue weighted by Gasteiger charge is -2.30. The summed E-state index contributed by atoms with van der Waals surface area (Å²) in [7, 11) is 0. The number of piperidine rings is 1. The van der Waals surface area contributed by atoms with Crippen LogP contribution in [0.2, 0.25) is 0 Å². The Balaban J connectivity index is 1.36. The zero-order valence-electron chi connectivity index (χ0n) is 18.3. The topological polar surface area (TPSA) is 79.5 Å². The van der Waals surface area contributed by atoms with Crippen LogP contribution in [0.3, 0.4) is 0 Å². The summed E-state index contributed by atoms with van der Waals surface area (Å²) in [5, 5.41) is 11.3. The van der Waals surface area contributed by atoms with Gasteiger partial charge in [-0.3, -0.25) is 9.56 Å². The van der Waals surface area contributed by atoms with Crippen molar-refractivity contribution in [1.82, 2.24) is 29.9 Å². The van der Waals surface area contributed by atoms with Gasteiger partial charge in [-0.1, -0.05) is 6.92 Å². The van der Waals surface area contributed by atoms with E-state index in [0.29, 0.717) is 13.1 Å². The molecule has 2 N–H and O–H groups in total. The van der Waals surface area contributed by atoms with Gasteiger partial charge >= 0.3 is 5.69 Å². The molecule has 0 aliphatic carbocycles. The minimum Gasteiger partial charge on any atom is -0.357 e. The summed E-state index contributed by atoms with van der Waals surface area (Å²) in [6.45, 7) is 12.0. The predicted octanol–water partition coefficient (Wildman–Crippen LogP) is 1.45. The number of hydrogen-bond donors (Lipinski definition) is 2. The molecule has 164 valence electrons. The predicted molar refractivity (Wildman–Crippen MR) is 117 cm³/mol. The lowest BCUT2D eigenvalue weighted by molar-refractivity contribution is 0.191. The van der Waals surface area contributed by atoms with Crippen molar-refractivity contribution in [3.63, 3.8) is 0 Å². The summed E-state index contributed by atoms with van der Waals surface area (Å²) in [5.41, 5.74) is 0.0424. The average molecular weight is 406 g/mol. The molecule has 1 aromatic heterocycles. The molecule has 3 heterocycles. The number of rotatable bonds is 9. The van der Waals surface area contributed by atoms with E-state index in [1.807, 2.05) is 4.57 Å². The molecule has 0 spiro atoms. The number of likely N-dealkylation sites (tertiary alicyclic amines) is 1. The highest BCUT2D eigenvalue weighted by Gasteiger charge is 2.16. The summed E-state index contributed by atoms with van der Waals surface area (Å²) in [4.78, 5) is 19.6. The molecule has 0 aromatic carbocycles. The zero-order valence-corrected chi connectivity index (χ0v) is 18.3. The van der Waals surface area contributed by atoms with Crippen molar-refractivity contribution in [2.24, 2.45) is 10.9 Å². The van der Waals surface area contributed by atoms with Gasteiger partial charge in [0.1, 0.15) is 5.82 Å². The summed E-state index contributed by atoms with van der Waals surface area (Å²) in [5.74, 6) is 2.71. The van der Waals surface area contributed by atoms with Crippen LogP contribution in [-0.4, -0.2) is 64.5 Å². The SMILES string of the molecule is CCNC(=NCCCn1nc2n(c1=O)CCCC2)NCCCN1CCC(C)CC1. The number of nitrogens with one attached hydrogen (secondary N) is 2. The molecule has 0 atom stereocenters. The van der Waals surface area contributed by atoms with Crippen LogP contribution in [-0.2, 0) is 19.5 Å². The Morgan fingerprint density at radius 1 is 1.14 bits per heavy atom. The molecule has 0 bridgehead atoms. The van der Waals surface area contributed by atoms with Crippen LogP contribution < -0.4 is 16.3 Å². The standard InChI is InChI=1S/C21H39N7O/c1-3-22-20(23-11-6-13-26-16-9-18(2)10-17-26)24-12-7-15-28-21(29)27-14-5-4-8-19(27)25-28/h18H,3-17H2,1-2H3,(H2,22,23,24). The van der Waals surface area contributed by atoms with Gasteiger partial charge < -0.3 is 15.5 Å². The number of hydrogen-bond acceptors (Lipinski definition) is 4.